The van der Waals surface area contributed by atoms with Crippen molar-refractivity contribution < 1.29 is 4.79 Å². The molecule has 122 valence electrons. The fourth-order valence-corrected chi connectivity index (χ4v) is 3.94. The molecule has 0 radical (unpaired) electrons. The molecule has 23 heavy (non-hydrogen) atoms. The summed E-state index contributed by atoms with van der Waals surface area (Å²) in [6, 6.07) is 4.01. The second-order valence-corrected chi connectivity index (χ2v) is 7.46. The van der Waals surface area contributed by atoms with Crippen LogP contribution in [0.1, 0.15) is 22.5 Å². The summed E-state index contributed by atoms with van der Waals surface area (Å²) in [5.41, 5.74) is 1.16. The van der Waals surface area contributed by atoms with Gasteiger partial charge in [-0.3, -0.25) is 9.69 Å². The maximum atomic E-state index is 12.2. The lowest BCUT2D eigenvalue weighted by molar-refractivity contribution is -0.127. The molecule has 2 aromatic rings. The third kappa shape index (κ3) is 4.50. The van der Waals surface area contributed by atoms with E-state index in [-0.39, 0.29) is 5.91 Å². The topological polar surface area (TPSA) is 36.4 Å². The van der Waals surface area contributed by atoms with Crippen molar-refractivity contribution in [2.24, 2.45) is 0 Å². The molecule has 3 rings (SSSR count). The van der Waals surface area contributed by atoms with Crippen LogP contribution in [0, 0.1) is 0 Å². The van der Waals surface area contributed by atoms with E-state index in [1.165, 1.54) is 5.01 Å². The Labute approximate surface area is 145 Å². The van der Waals surface area contributed by atoms with Gasteiger partial charge in [-0.2, -0.15) is 0 Å². The van der Waals surface area contributed by atoms with E-state index in [1.54, 1.807) is 28.7 Å². The summed E-state index contributed by atoms with van der Waals surface area (Å²) >= 11 is 3.38. The van der Waals surface area contributed by atoms with Crippen LogP contribution >= 0.6 is 22.7 Å². The van der Waals surface area contributed by atoms with E-state index in [0.29, 0.717) is 0 Å². The molecule has 1 fully saturated rings. The normalized spacial score (nSPS) is 16.3. The van der Waals surface area contributed by atoms with Crippen LogP contribution in [0.5, 0.6) is 0 Å². The molecular weight excluding hydrogens is 326 g/mol. The highest BCUT2D eigenvalue weighted by Crippen LogP contribution is 2.14. The molecule has 3 heterocycles. The Balaban J connectivity index is 1.47. The van der Waals surface area contributed by atoms with Crippen LogP contribution in [0.4, 0.5) is 0 Å². The van der Waals surface area contributed by atoms with Crippen LogP contribution in [-0.4, -0.2) is 46.9 Å². The minimum atomic E-state index is 0.111. The number of amides is 1. The lowest BCUT2D eigenvalue weighted by Crippen LogP contribution is -2.47. The molecule has 0 aliphatic carbocycles. The van der Waals surface area contributed by atoms with Gasteiger partial charge in [-0.05, 0) is 23.9 Å². The van der Waals surface area contributed by atoms with E-state index in [1.807, 2.05) is 28.5 Å². The van der Waals surface area contributed by atoms with Crippen LogP contribution in [0.25, 0.3) is 6.08 Å². The Morgan fingerprint density at radius 2 is 2.13 bits per heavy atom. The molecule has 4 nitrogen and oxygen atoms in total. The van der Waals surface area contributed by atoms with Gasteiger partial charge in [0.15, 0.2) is 0 Å². The second-order valence-electron chi connectivity index (χ2n) is 5.54. The lowest BCUT2D eigenvalue weighted by atomic mass is 10.2. The smallest absolute Gasteiger partial charge is 0.246 e. The van der Waals surface area contributed by atoms with Crippen LogP contribution in [0.3, 0.4) is 0 Å². The molecule has 0 saturated carbocycles. The maximum Gasteiger partial charge on any atom is 0.246 e. The van der Waals surface area contributed by atoms with Crippen molar-refractivity contribution in [1.82, 2.24) is 14.8 Å². The number of aryl methyl sites for hydroxylation is 1. The molecule has 0 spiro atoms. The number of piperazine rings is 1. The van der Waals surface area contributed by atoms with Crippen molar-refractivity contribution in [3.8, 4) is 0 Å². The van der Waals surface area contributed by atoms with E-state index in [0.717, 1.165) is 49.7 Å². The number of thiazole rings is 1. The van der Waals surface area contributed by atoms with E-state index in [9.17, 15) is 4.79 Å². The first kappa shape index (κ1) is 16.4. The van der Waals surface area contributed by atoms with Crippen molar-refractivity contribution in [2.75, 3.05) is 26.2 Å². The number of rotatable bonds is 5. The number of carbonyl (C=O) groups is 1. The van der Waals surface area contributed by atoms with Crippen molar-refractivity contribution in [3.63, 3.8) is 0 Å². The third-order valence-corrected chi connectivity index (χ3v) is 5.78. The van der Waals surface area contributed by atoms with Crippen LogP contribution < -0.4 is 0 Å². The van der Waals surface area contributed by atoms with Crippen molar-refractivity contribution in [2.45, 2.75) is 19.9 Å². The summed E-state index contributed by atoms with van der Waals surface area (Å²) in [6.45, 7) is 6.44. The first-order valence-electron chi connectivity index (χ1n) is 7.90. The Bertz CT molecular complexity index is 655. The van der Waals surface area contributed by atoms with Gasteiger partial charge in [0.2, 0.25) is 5.91 Å². The van der Waals surface area contributed by atoms with Gasteiger partial charge in [-0.25, -0.2) is 4.98 Å². The standard InChI is InChI=1S/C17H21N3OS2/c1-2-16-18-14(13-23-16)12-19-7-9-20(10-8-19)17(21)6-5-15-4-3-11-22-15/h3-6,11,13H,2,7-10,12H2,1H3. The molecule has 0 unspecified atom stereocenters. The quantitative estimate of drug-likeness (QED) is 0.780. The summed E-state index contributed by atoms with van der Waals surface area (Å²) < 4.78 is 0. The molecule has 0 N–H and O–H groups in total. The molecule has 1 aliphatic rings. The van der Waals surface area contributed by atoms with Crippen LogP contribution in [-0.2, 0) is 17.8 Å². The molecule has 0 atom stereocenters. The first-order valence-corrected chi connectivity index (χ1v) is 9.66. The molecule has 1 saturated heterocycles. The minimum absolute atomic E-state index is 0.111. The SMILES string of the molecule is CCc1nc(CN2CCN(C(=O)C=Cc3cccs3)CC2)cs1. The van der Waals surface area contributed by atoms with Crippen LogP contribution in [0.2, 0.25) is 0 Å². The first-order chi connectivity index (χ1) is 11.2. The molecule has 2 aromatic heterocycles. The fourth-order valence-electron chi connectivity index (χ4n) is 2.58. The monoisotopic (exact) mass is 347 g/mol. The minimum Gasteiger partial charge on any atom is -0.337 e. The van der Waals surface area contributed by atoms with Gasteiger partial charge in [-0.15, -0.1) is 22.7 Å². The van der Waals surface area contributed by atoms with Crippen molar-refractivity contribution in [1.29, 1.82) is 0 Å². The highest BCUT2D eigenvalue weighted by atomic mass is 32.1. The summed E-state index contributed by atoms with van der Waals surface area (Å²) in [7, 11) is 0. The van der Waals surface area contributed by atoms with Gasteiger partial charge in [0, 0.05) is 49.1 Å². The second kappa shape index (κ2) is 7.86. The molecule has 1 aliphatic heterocycles. The Hall–Kier alpha value is -1.50. The lowest BCUT2D eigenvalue weighted by Gasteiger charge is -2.33. The largest absolute Gasteiger partial charge is 0.337 e. The third-order valence-electron chi connectivity index (χ3n) is 3.90. The number of hydrogen-bond donors (Lipinski definition) is 0. The highest BCUT2D eigenvalue weighted by molar-refractivity contribution is 7.10. The molecular formula is C17H21N3OS2. The predicted molar refractivity (Wildman–Crippen MR) is 96.7 cm³/mol. The average molecular weight is 348 g/mol. The van der Waals surface area contributed by atoms with Crippen molar-refractivity contribution in [3.05, 3.63) is 44.5 Å². The molecule has 0 aromatic carbocycles. The van der Waals surface area contributed by atoms with Gasteiger partial charge >= 0.3 is 0 Å². The summed E-state index contributed by atoms with van der Waals surface area (Å²) in [4.78, 5) is 22.3. The number of nitrogens with zero attached hydrogens (tertiary/aromatic N) is 3. The average Bonchev–Trinajstić information content (AvgIpc) is 3.25. The molecule has 0 bridgehead atoms. The van der Waals surface area contributed by atoms with Gasteiger partial charge in [0.05, 0.1) is 10.7 Å². The number of hydrogen-bond acceptors (Lipinski definition) is 5. The Morgan fingerprint density at radius 3 is 2.78 bits per heavy atom. The summed E-state index contributed by atoms with van der Waals surface area (Å²) in [6.07, 6.45) is 4.60. The summed E-state index contributed by atoms with van der Waals surface area (Å²) in [5, 5.41) is 5.37. The fraction of sp³-hybridized carbons (Fsp3) is 0.412. The Kier molecular flexibility index (Phi) is 5.59. The van der Waals surface area contributed by atoms with Crippen molar-refractivity contribution >= 4 is 34.7 Å². The van der Waals surface area contributed by atoms with Gasteiger partial charge in [0.25, 0.3) is 0 Å². The van der Waals surface area contributed by atoms with Crippen LogP contribution in [0.15, 0.2) is 29.0 Å². The molecule has 6 heteroatoms. The number of thiophene rings is 1. The maximum absolute atomic E-state index is 12.2. The van der Waals surface area contributed by atoms with E-state index >= 15 is 0 Å². The van der Waals surface area contributed by atoms with E-state index in [2.05, 4.69) is 22.2 Å². The Morgan fingerprint density at radius 1 is 1.30 bits per heavy atom. The zero-order valence-corrected chi connectivity index (χ0v) is 14.9. The predicted octanol–water partition coefficient (Wildman–Crippen LogP) is 3.12. The molecule has 1 amide bonds. The van der Waals surface area contributed by atoms with Gasteiger partial charge < -0.3 is 4.90 Å². The zero-order valence-electron chi connectivity index (χ0n) is 13.3. The number of aromatic nitrogens is 1. The number of carbonyl (C=O) groups excluding carboxylic acids is 1. The summed E-state index contributed by atoms with van der Waals surface area (Å²) in [5.74, 6) is 0.111. The zero-order chi connectivity index (χ0) is 16.1. The van der Waals surface area contributed by atoms with Gasteiger partial charge in [-0.1, -0.05) is 13.0 Å². The van der Waals surface area contributed by atoms with E-state index < -0.39 is 0 Å². The van der Waals surface area contributed by atoms with Gasteiger partial charge in [0.1, 0.15) is 0 Å². The van der Waals surface area contributed by atoms with E-state index in [4.69, 9.17) is 0 Å². The highest BCUT2D eigenvalue weighted by Gasteiger charge is 2.20.